The van der Waals surface area contributed by atoms with Gasteiger partial charge in [0.2, 0.25) is 0 Å². The van der Waals surface area contributed by atoms with Gasteiger partial charge in [-0.1, -0.05) is 26.7 Å². The monoisotopic (exact) mass is 247 g/mol. The summed E-state index contributed by atoms with van der Waals surface area (Å²) in [6.45, 7) is 7.92. The fraction of sp³-hybridized carbons (Fsp3) is 0.800. The Morgan fingerprint density at radius 1 is 1.33 bits per heavy atom. The summed E-state index contributed by atoms with van der Waals surface area (Å²) in [7, 11) is 0. The van der Waals surface area contributed by atoms with Crippen molar-refractivity contribution in [1.82, 2.24) is 14.9 Å². The first kappa shape index (κ1) is 12.2. The van der Waals surface area contributed by atoms with E-state index in [2.05, 4.69) is 23.7 Å². The molecule has 1 N–H and O–H groups in total. The van der Waals surface area contributed by atoms with Gasteiger partial charge in [0.25, 0.3) is 0 Å². The minimum absolute atomic E-state index is 0.768. The largest absolute Gasteiger partial charge is 0.331 e. The van der Waals surface area contributed by atoms with E-state index < -0.39 is 0 Å². The average molecular weight is 247 g/mol. The number of hydrogen-bond acceptors (Lipinski definition) is 2. The molecule has 1 aromatic rings. The lowest BCUT2D eigenvalue weighted by molar-refractivity contribution is 0.401. The molecule has 0 saturated heterocycles. The third kappa shape index (κ3) is 2.20. The van der Waals surface area contributed by atoms with Crippen LogP contribution in [0.3, 0.4) is 0 Å². The summed E-state index contributed by atoms with van der Waals surface area (Å²) in [6, 6.07) is 0. The van der Waals surface area contributed by atoms with Gasteiger partial charge in [0.15, 0.2) is 0 Å². The summed E-state index contributed by atoms with van der Waals surface area (Å²) in [5.41, 5.74) is 2.86. The van der Waals surface area contributed by atoms with Crippen LogP contribution in [0.1, 0.15) is 62.7 Å². The minimum Gasteiger partial charge on any atom is -0.331 e. The fourth-order valence-electron chi connectivity index (χ4n) is 3.05. The molecule has 0 aromatic carbocycles. The first-order chi connectivity index (χ1) is 8.83. The Hall–Kier alpha value is -0.830. The van der Waals surface area contributed by atoms with E-state index in [-0.39, 0.29) is 0 Å². The van der Waals surface area contributed by atoms with Gasteiger partial charge in [0.1, 0.15) is 5.82 Å². The smallest absolute Gasteiger partial charge is 0.112 e. The van der Waals surface area contributed by atoms with Crippen molar-refractivity contribution in [1.29, 1.82) is 0 Å². The topological polar surface area (TPSA) is 29.9 Å². The summed E-state index contributed by atoms with van der Waals surface area (Å²) >= 11 is 0. The Bertz CT molecular complexity index is 414. The van der Waals surface area contributed by atoms with Gasteiger partial charge in [-0.15, -0.1) is 0 Å². The van der Waals surface area contributed by atoms with Gasteiger partial charge in [-0.2, -0.15) is 0 Å². The molecule has 1 saturated carbocycles. The molecule has 0 radical (unpaired) electrons. The zero-order chi connectivity index (χ0) is 12.5. The molecule has 0 bridgehead atoms. The van der Waals surface area contributed by atoms with E-state index in [0.29, 0.717) is 0 Å². The highest BCUT2D eigenvalue weighted by Gasteiger charge is 2.32. The number of hydrogen-bond donors (Lipinski definition) is 1. The molecular formula is C15H25N3. The highest BCUT2D eigenvalue weighted by atomic mass is 15.1. The van der Waals surface area contributed by atoms with E-state index in [4.69, 9.17) is 4.98 Å². The van der Waals surface area contributed by atoms with E-state index >= 15 is 0 Å². The molecule has 0 unspecified atom stereocenters. The summed E-state index contributed by atoms with van der Waals surface area (Å²) in [6.07, 6.45) is 6.44. The minimum atomic E-state index is 0.768. The van der Waals surface area contributed by atoms with Crippen LogP contribution in [0.4, 0.5) is 0 Å². The molecule has 18 heavy (non-hydrogen) atoms. The Kier molecular flexibility index (Phi) is 3.42. The van der Waals surface area contributed by atoms with Gasteiger partial charge >= 0.3 is 0 Å². The van der Waals surface area contributed by atoms with Crippen LogP contribution in [0.15, 0.2) is 0 Å². The van der Waals surface area contributed by atoms with Crippen molar-refractivity contribution < 1.29 is 0 Å². The second-order valence-electron chi connectivity index (χ2n) is 5.86. The number of nitrogens with zero attached hydrogens (tertiary/aromatic N) is 2. The highest BCUT2D eigenvalue weighted by Crippen LogP contribution is 2.41. The van der Waals surface area contributed by atoms with E-state index in [1.54, 1.807) is 0 Å². The van der Waals surface area contributed by atoms with E-state index in [1.165, 1.54) is 49.4 Å². The van der Waals surface area contributed by atoms with Crippen LogP contribution in [-0.4, -0.2) is 16.1 Å². The van der Waals surface area contributed by atoms with Crippen LogP contribution in [0.5, 0.6) is 0 Å². The number of fused-ring (bicyclic) bond motifs is 1. The molecule has 2 aliphatic rings. The van der Waals surface area contributed by atoms with Gasteiger partial charge in [0.05, 0.1) is 5.69 Å². The third-order valence-corrected chi connectivity index (χ3v) is 4.55. The average Bonchev–Trinajstić information content (AvgIpc) is 3.19. The molecule has 0 spiro atoms. The quantitative estimate of drug-likeness (QED) is 0.867. The molecule has 3 heteroatoms. The SMILES string of the molecule is CCC(CC)Cn1c(C2CC2)nc2c1CCNC2. The van der Waals surface area contributed by atoms with Crippen molar-refractivity contribution >= 4 is 0 Å². The molecule has 1 aromatic heterocycles. The lowest BCUT2D eigenvalue weighted by Gasteiger charge is -2.20. The number of aromatic nitrogens is 2. The molecule has 1 aliphatic heterocycles. The zero-order valence-corrected chi connectivity index (χ0v) is 11.7. The Morgan fingerprint density at radius 2 is 2.11 bits per heavy atom. The fourth-order valence-corrected chi connectivity index (χ4v) is 3.05. The summed E-state index contributed by atoms with van der Waals surface area (Å²) in [5.74, 6) is 2.98. The molecule has 100 valence electrons. The normalized spacial score (nSPS) is 19.3. The molecule has 3 rings (SSSR count). The zero-order valence-electron chi connectivity index (χ0n) is 11.7. The molecule has 1 aliphatic carbocycles. The highest BCUT2D eigenvalue weighted by molar-refractivity contribution is 5.24. The van der Waals surface area contributed by atoms with Crippen molar-refractivity contribution in [2.45, 2.75) is 65.0 Å². The second-order valence-corrected chi connectivity index (χ2v) is 5.86. The van der Waals surface area contributed by atoms with Crippen LogP contribution in [0.25, 0.3) is 0 Å². The molecule has 1 fully saturated rings. The van der Waals surface area contributed by atoms with Crippen molar-refractivity contribution in [3.05, 3.63) is 17.2 Å². The van der Waals surface area contributed by atoms with E-state index in [1.807, 2.05) is 0 Å². The number of rotatable bonds is 5. The van der Waals surface area contributed by atoms with E-state index in [9.17, 15) is 0 Å². The first-order valence-corrected chi connectivity index (χ1v) is 7.62. The van der Waals surface area contributed by atoms with Crippen LogP contribution in [0.2, 0.25) is 0 Å². The van der Waals surface area contributed by atoms with Crippen LogP contribution < -0.4 is 5.32 Å². The lowest BCUT2D eigenvalue weighted by atomic mass is 10.0. The van der Waals surface area contributed by atoms with Gasteiger partial charge < -0.3 is 9.88 Å². The van der Waals surface area contributed by atoms with Gasteiger partial charge in [-0.05, 0) is 18.8 Å². The van der Waals surface area contributed by atoms with Gasteiger partial charge in [-0.25, -0.2) is 4.98 Å². The molecule has 3 nitrogen and oxygen atoms in total. The lowest BCUT2D eigenvalue weighted by Crippen LogP contribution is -2.26. The van der Waals surface area contributed by atoms with Crippen LogP contribution >= 0.6 is 0 Å². The molecule has 0 atom stereocenters. The molecular weight excluding hydrogens is 222 g/mol. The maximum absolute atomic E-state index is 4.93. The van der Waals surface area contributed by atoms with Crippen molar-refractivity contribution in [2.75, 3.05) is 6.54 Å². The van der Waals surface area contributed by atoms with Crippen molar-refractivity contribution in [3.63, 3.8) is 0 Å². The van der Waals surface area contributed by atoms with Crippen LogP contribution in [-0.2, 0) is 19.5 Å². The maximum atomic E-state index is 4.93. The van der Waals surface area contributed by atoms with Gasteiger partial charge in [0, 0.05) is 37.7 Å². The summed E-state index contributed by atoms with van der Waals surface area (Å²) < 4.78 is 2.59. The molecule has 0 amide bonds. The Balaban J connectivity index is 1.91. The Labute approximate surface area is 110 Å². The predicted molar refractivity (Wildman–Crippen MR) is 73.7 cm³/mol. The van der Waals surface area contributed by atoms with E-state index in [0.717, 1.165) is 31.3 Å². The number of imidazole rings is 1. The third-order valence-electron chi connectivity index (χ3n) is 4.55. The second kappa shape index (κ2) is 5.04. The summed E-state index contributed by atoms with van der Waals surface area (Å²) in [4.78, 5) is 4.93. The first-order valence-electron chi connectivity index (χ1n) is 7.62. The molecule has 2 heterocycles. The van der Waals surface area contributed by atoms with Crippen molar-refractivity contribution in [3.8, 4) is 0 Å². The number of nitrogens with one attached hydrogen (secondary N) is 1. The Morgan fingerprint density at radius 3 is 2.78 bits per heavy atom. The van der Waals surface area contributed by atoms with Crippen molar-refractivity contribution in [2.24, 2.45) is 5.92 Å². The maximum Gasteiger partial charge on any atom is 0.112 e. The predicted octanol–water partition coefficient (Wildman–Crippen LogP) is 2.84. The standard InChI is InChI=1S/C15H25N3/c1-3-11(4-2)10-18-14-7-8-16-9-13(14)17-15(18)12-5-6-12/h11-12,16H,3-10H2,1-2H3. The summed E-state index contributed by atoms with van der Waals surface area (Å²) in [5, 5.41) is 3.45. The van der Waals surface area contributed by atoms with Gasteiger partial charge in [-0.3, -0.25) is 0 Å². The van der Waals surface area contributed by atoms with Crippen LogP contribution in [0, 0.1) is 5.92 Å².